The van der Waals surface area contributed by atoms with Crippen molar-refractivity contribution in [2.24, 2.45) is 0 Å². The molecule has 1 saturated heterocycles. The van der Waals surface area contributed by atoms with Gasteiger partial charge >= 0.3 is 5.69 Å². The van der Waals surface area contributed by atoms with Gasteiger partial charge in [0.15, 0.2) is 5.16 Å². The number of pyridine rings is 2. The quantitative estimate of drug-likeness (QED) is 0.281. The highest BCUT2D eigenvalue weighted by Crippen LogP contribution is 2.29. The summed E-state index contributed by atoms with van der Waals surface area (Å²) in [6.07, 6.45) is 8.41. The van der Waals surface area contributed by atoms with E-state index in [1.807, 2.05) is 25.3 Å². The van der Waals surface area contributed by atoms with Gasteiger partial charge in [-0.05, 0) is 38.2 Å². The molecule has 4 aromatic rings. The normalized spacial score (nSPS) is 14.8. The highest BCUT2D eigenvalue weighted by molar-refractivity contribution is 7.98. The number of allylic oxidation sites excluding steroid dienone is 1. The fraction of sp³-hybridized carbons (Fsp3) is 0.304. The van der Waals surface area contributed by atoms with Crippen LogP contribution in [0.15, 0.2) is 57.7 Å². The fourth-order valence-electron chi connectivity index (χ4n) is 4.36. The van der Waals surface area contributed by atoms with Gasteiger partial charge in [0.2, 0.25) is 0 Å². The third kappa shape index (κ3) is 3.80. The minimum absolute atomic E-state index is 0.0623. The van der Waals surface area contributed by atoms with E-state index < -0.39 is 11.2 Å². The van der Waals surface area contributed by atoms with Crippen molar-refractivity contribution in [1.29, 1.82) is 0 Å². The lowest BCUT2D eigenvalue weighted by Gasteiger charge is -2.34. The van der Waals surface area contributed by atoms with Crippen molar-refractivity contribution in [3.8, 4) is 11.3 Å². The highest BCUT2D eigenvalue weighted by atomic mass is 32.2. The van der Waals surface area contributed by atoms with E-state index >= 15 is 0 Å². The summed E-state index contributed by atoms with van der Waals surface area (Å²) in [5.41, 5.74) is 3.19. The number of nitrogens with one attached hydrogen (secondary N) is 1. The lowest BCUT2D eigenvalue weighted by Crippen LogP contribution is -2.39. The number of likely N-dealkylation sites (tertiary alicyclic amines) is 1. The van der Waals surface area contributed by atoms with Crippen molar-refractivity contribution in [1.82, 2.24) is 34.4 Å². The summed E-state index contributed by atoms with van der Waals surface area (Å²) < 4.78 is 1.70. The van der Waals surface area contributed by atoms with Gasteiger partial charge < -0.3 is 4.90 Å². The van der Waals surface area contributed by atoms with Gasteiger partial charge in [0.05, 0.1) is 22.1 Å². The lowest BCUT2D eigenvalue weighted by atomic mass is 10.0. The summed E-state index contributed by atoms with van der Waals surface area (Å²) >= 11 is 1.46. The van der Waals surface area contributed by atoms with Crippen LogP contribution in [-0.4, -0.2) is 53.7 Å². The van der Waals surface area contributed by atoms with Crippen LogP contribution in [0.5, 0.6) is 0 Å². The van der Waals surface area contributed by atoms with E-state index in [2.05, 4.69) is 31.4 Å². The zero-order valence-electron chi connectivity index (χ0n) is 18.4. The third-order valence-corrected chi connectivity index (χ3v) is 6.66. The van der Waals surface area contributed by atoms with E-state index in [4.69, 9.17) is 4.98 Å². The van der Waals surface area contributed by atoms with Crippen molar-refractivity contribution in [2.45, 2.75) is 31.0 Å². The van der Waals surface area contributed by atoms with Gasteiger partial charge in [0.1, 0.15) is 5.52 Å². The molecule has 33 heavy (non-hydrogen) atoms. The molecule has 0 aliphatic carbocycles. The molecule has 10 heteroatoms. The summed E-state index contributed by atoms with van der Waals surface area (Å²) in [4.78, 5) is 48.3. The Morgan fingerprint density at radius 2 is 1.85 bits per heavy atom. The van der Waals surface area contributed by atoms with E-state index in [0.29, 0.717) is 32.8 Å². The fourth-order valence-corrected chi connectivity index (χ4v) is 4.67. The van der Waals surface area contributed by atoms with Crippen LogP contribution in [0.2, 0.25) is 0 Å². The van der Waals surface area contributed by atoms with Gasteiger partial charge in [-0.15, -0.1) is 0 Å². The molecular formula is C23H23N7O2S. The molecule has 0 atom stereocenters. The first-order chi connectivity index (χ1) is 16.0. The Hall–Kier alpha value is -3.53. The molecule has 0 radical (unpaired) electrons. The molecule has 168 valence electrons. The molecule has 9 nitrogen and oxygen atoms in total. The predicted molar refractivity (Wildman–Crippen MR) is 129 cm³/mol. The van der Waals surface area contributed by atoms with E-state index in [1.165, 1.54) is 18.0 Å². The predicted octanol–water partition coefficient (Wildman–Crippen LogP) is 2.98. The minimum atomic E-state index is -0.458. The van der Waals surface area contributed by atoms with E-state index in [9.17, 15) is 9.59 Å². The van der Waals surface area contributed by atoms with Crippen molar-refractivity contribution in [3.63, 3.8) is 0 Å². The van der Waals surface area contributed by atoms with Crippen molar-refractivity contribution >= 4 is 33.7 Å². The van der Waals surface area contributed by atoms with Crippen LogP contribution < -0.4 is 11.2 Å². The molecule has 1 aliphatic heterocycles. The Morgan fingerprint density at radius 3 is 2.52 bits per heavy atom. The van der Waals surface area contributed by atoms with Crippen LogP contribution in [0.1, 0.15) is 25.8 Å². The molecule has 0 unspecified atom stereocenters. The van der Waals surface area contributed by atoms with E-state index in [0.717, 1.165) is 37.2 Å². The largest absolute Gasteiger partial charge is 0.375 e. The number of thioether (sulfide) groups is 1. The molecule has 0 aromatic carbocycles. The first kappa shape index (κ1) is 21.3. The minimum Gasteiger partial charge on any atom is -0.375 e. The number of aromatic nitrogens is 6. The van der Waals surface area contributed by atoms with Crippen LogP contribution in [0, 0.1) is 0 Å². The summed E-state index contributed by atoms with van der Waals surface area (Å²) in [7, 11) is 0. The molecule has 1 fully saturated rings. The number of H-pyrrole nitrogens is 1. The molecule has 0 bridgehead atoms. The number of nitrogens with zero attached hydrogens (tertiary/aromatic N) is 6. The second-order valence-electron chi connectivity index (χ2n) is 8.13. The van der Waals surface area contributed by atoms with E-state index in [1.54, 1.807) is 17.0 Å². The lowest BCUT2D eigenvalue weighted by molar-refractivity contribution is 0.228. The molecule has 1 N–H and O–H groups in total. The molecule has 0 spiro atoms. The number of fused-ring (bicyclic) bond motifs is 3. The first-order valence-electron chi connectivity index (χ1n) is 10.7. The monoisotopic (exact) mass is 461 g/mol. The van der Waals surface area contributed by atoms with E-state index in [-0.39, 0.29) is 6.04 Å². The number of hydrogen-bond acceptors (Lipinski definition) is 8. The van der Waals surface area contributed by atoms with Gasteiger partial charge in [-0.25, -0.2) is 19.7 Å². The number of aromatic amines is 1. The first-order valence-corrected chi connectivity index (χ1v) is 11.9. The molecule has 0 saturated carbocycles. The summed E-state index contributed by atoms with van der Waals surface area (Å²) in [5.74, 6) is 0. The van der Waals surface area contributed by atoms with Crippen molar-refractivity contribution in [2.75, 3.05) is 19.3 Å². The maximum atomic E-state index is 13.0. The van der Waals surface area contributed by atoms with Crippen molar-refractivity contribution in [3.05, 3.63) is 63.8 Å². The Balaban J connectivity index is 1.71. The summed E-state index contributed by atoms with van der Waals surface area (Å²) in [6, 6.07) is 3.63. The van der Waals surface area contributed by atoms with Crippen LogP contribution >= 0.6 is 11.8 Å². The summed E-state index contributed by atoms with van der Waals surface area (Å²) in [6.45, 7) is 7.61. The molecule has 4 aromatic heterocycles. The average Bonchev–Trinajstić information content (AvgIpc) is 2.84. The zero-order chi connectivity index (χ0) is 23.1. The van der Waals surface area contributed by atoms with Gasteiger partial charge in [-0.1, -0.05) is 18.3 Å². The highest BCUT2D eigenvalue weighted by Gasteiger charge is 2.25. The zero-order valence-corrected chi connectivity index (χ0v) is 19.2. The van der Waals surface area contributed by atoms with Crippen molar-refractivity contribution < 1.29 is 0 Å². The Morgan fingerprint density at radius 1 is 1.12 bits per heavy atom. The Bertz CT molecular complexity index is 1490. The van der Waals surface area contributed by atoms with Crippen LogP contribution in [-0.2, 0) is 0 Å². The molecule has 0 amide bonds. The number of piperidine rings is 1. The van der Waals surface area contributed by atoms with Gasteiger partial charge in [-0.2, -0.15) is 0 Å². The van der Waals surface area contributed by atoms with Crippen LogP contribution in [0.3, 0.4) is 0 Å². The van der Waals surface area contributed by atoms with Gasteiger partial charge in [-0.3, -0.25) is 19.3 Å². The second-order valence-corrected chi connectivity index (χ2v) is 8.90. The van der Waals surface area contributed by atoms with Gasteiger partial charge in [0, 0.05) is 49.0 Å². The summed E-state index contributed by atoms with van der Waals surface area (Å²) in [5, 5.41) is 1.02. The standard InChI is InChI=1S/C23H23N7O2S/c1-13(2)29-8-6-15(7-9-29)30-20-16(21(31)28-23(30)32)12-24-18-5-4-17(27-19(18)20)14-10-25-22(33-3)26-11-14/h4-5,10-12,15H,1,6-9H2,2-3H3,(H,28,31,32). The maximum Gasteiger partial charge on any atom is 0.329 e. The third-order valence-electron chi connectivity index (χ3n) is 6.09. The number of hydrogen-bond donors (Lipinski definition) is 1. The molecule has 1 aliphatic rings. The Labute approximate surface area is 193 Å². The Kier molecular flexibility index (Phi) is 5.45. The molecule has 5 rings (SSSR count). The topological polar surface area (TPSA) is 110 Å². The van der Waals surface area contributed by atoms with Crippen LogP contribution in [0.4, 0.5) is 0 Å². The molecular weight excluding hydrogens is 438 g/mol. The number of rotatable bonds is 4. The SMILES string of the molecule is C=C(C)N1CCC(n2c(=O)[nH]c(=O)c3cnc4ccc(-c5cnc(SC)nc5)nc4c32)CC1. The molecule has 5 heterocycles. The smallest absolute Gasteiger partial charge is 0.329 e. The maximum absolute atomic E-state index is 13.0. The van der Waals surface area contributed by atoms with Crippen LogP contribution in [0.25, 0.3) is 33.2 Å². The average molecular weight is 462 g/mol. The van der Waals surface area contributed by atoms with Gasteiger partial charge in [0.25, 0.3) is 5.56 Å². The second kappa shape index (κ2) is 8.43.